The average Bonchev–Trinajstić information content (AvgIpc) is 2.61. The highest BCUT2D eigenvalue weighted by Gasteiger charge is 2.20. The summed E-state index contributed by atoms with van der Waals surface area (Å²) in [5, 5.41) is 12.9. The molecule has 0 aliphatic rings. The third-order valence-electron chi connectivity index (χ3n) is 4.02. The van der Waals surface area contributed by atoms with Crippen LogP contribution in [0.4, 0.5) is 0 Å². The fourth-order valence-corrected chi connectivity index (χ4v) is 2.81. The molecule has 0 aliphatic carbocycles. The Hall–Kier alpha value is -1.59. The van der Waals surface area contributed by atoms with E-state index in [0.29, 0.717) is 23.7 Å². The third kappa shape index (κ3) is 6.01. The first-order valence-corrected chi connectivity index (χ1v) is 8.33. The lowest BCUT2D eigenvalue weighted by atomic mass is 10.0. The summed E-state index contributed by atoms with van der Waals surface area (Å²) in [5.74, 6) is 0.693. The van der Waals surface area contributed by atoms with Crippen LogP contribution in [0.2, 0.25) is 5.02 Å². The third-order valence-corrected chi connectivity index (χ3v) is 4.32. The van der Waals surface area contributed by atoms with Gasteiger partial charge < -0.3 is 27.6 Å². The van der Waals surface area contributed by atoms with Gasteiger partial charge in [0.15, 0.2) is 5.78 Å². The average molecular weight is 384 g/mol. The minimum absolute atomic E-state index is 0. The van der Waals surface area contributed by atoms with E-state index in [4.69, 9.17) is 16.3 Å². The van der Waals surface area contributed by atoms with Gasteiger partial charge in [0.1, 0.15) is 17.9 Å². The van der Waals surface area contributed by atoms with Crippen molar-refractivity contribution >= 4 is 17.4 Å². The molecule has 2 aromatic rings. The Labute approximate surface area is 159 Å². The van der Waals surface area contributed by atoms with Gasteiger partial charge in [-0.15, -0.1) is 0 Å². The van der Waals surface area contributed by atoms with Crippen LogP contribution >= 0.6 is 11.6 Å². The van der Waals surface area contributed by atoms with E-state index in [1.165, 1.54) is 0 Å². The van der Waals surface area contributed by atoms with Crippen molar-refractivity contribution in [1.29, 1.82) is 0 Å². The normalized spacial score (nSPS) is 12.8. The van der Waals surface area contributed by atoms with Crippen LogP contribution in [-0.4, -0.2) is 30.6 Å². The van der Waals surface area contributed by atoms with E-state index in [0.717, 1.165) is 11.1 Å². The Bertz CT molecular complexity index is 680. The molecule has 0 bridgehead atoms. The number of nitrogens with two attached hydrogens (primary N) is 1. The number of ether oxygens (including phenoxy) is 1. The van der Waals surface area contributed by atoms with E-state index in [-0.39, 0.29) is 24.2 Å². The molecule has 25 heavy (non-hydrogen) atoms. The molecule has 0 radical (unpaired) electrons. The summed E-state index contributed by atoms with van der Waals surface area (Å²) in [6, 6.07) is 14.4. The Morgan fingerprint density at radius 3 is 2.52 bits per heavy atom. The molecule has 136 valence electrons. The van der Waals surface area contributed by atoms with Gasteiger partial charge in [0.25, 0.3) is 0 Å². The lowest BCUT2D eigenvalue weighted by Crippen LogP contribution is -3.00. The number of Topliss-reactive ketones (excluding diaryl/α,β-unsaturated/α-hetero) is 1. The fourth-order valence-electron chi connectivity index (χ4n) is 2.54. The van der Waals surface area contributed by atoms with E-state index in [1.54, 1.807) is 25.3 Å². The lowest BCUT2D eigenvalue weighted by Gasteiger charge is -2.18. The molecule has 0 amide bonds. The van der Waals surface area contributed by atoms with Crippen molar-refractivity contribution in [3.63, 3.8) is 0 Å². The molecule has 0 saturated carbocycles. The highest BCUT2D eigenvalue weighted by Crippen LogP contribution is 2.28. The number of benzene rings is 2. The quantitative estimate of drug-likeness (QED) is 0.610. The monoisotopic (exact) mass is 383 g/mol. The Balaban J connectivity index is 0.00000312. The summed E-state index contributed by atoms with van der Waals surface area (Å²) in [4.78, 5) is 12.1. The predicted molar refractivity (Wildman–Crippen MR) is 94.6 cm³/mol. The minimum atomic E-state index is -0.666. The summed E-state index contributed by atoms with van der Waals surface area (Å²) in [6.07, 6.45) is -0.231. The van der Waals surface area contributed by atoms with Gasteiger partial charge in [0.2, 0.25) is 0 Å². The molecular formula is C19H23Cl2NO3. The summed E-state index contributed by atoms with van der Waals surface area (Å²) in [6.45, 7) is 2.55. The number of quaternary nitrogens is 1. The predicted octanol–water partition coefficient (Wildman–Crippen LogP) is -0.389. The second-order valence-corrected chi connectivity index (χ2v) is 6.17. The fraction of sp³-hybridized carbons (Fsp3) is 0.316. The van der Waals surface area contributed by atoms with Crippen LogP contribution in [0.3, 0.4) is 0 Å². The van der Waals surface area contributed by atoms with E-state index in [2.05, 4.69) is 0 Å². The molecule has 2 rings (SSSR count). The Kier molecular flexibility index (Phi) is 8.93. The zero-order chi connectivity index (χ0) is 17.5. The number of carbonyl (C=O) groups is 1. The van der Waals surface area contributed by atoms with Gasteiger partial charge >= 0.3 is 0 Å². The maximum atomic E-state index is 12.1. The Morgan fingerprint density at radius 1 is 1.24 bits per heavy atom. The van der Waals surface area contributed by atoms with Crippen molar-refractivity contribution in [1.82, 2.24) is 0 Å². The topological polar surface area (TPSA) is 63.1 Å². The molecule has 0 aliphatic heterocycles. The van der Waals surface area contributed by atoms with Crippen molar-refractivity contribution in [3.8, 4) is 5.75 Å². The van der Waals surface area contributed by atoms with Crippen LogP contribution in [0.1, 0.15) is 35.4 Å². The van der Waals surface area contributed by atoms with Crippen molar-refractivity contribution < 1.29 is 32.4 Å². The summed E-state index contributed by atoms with van der Waals surface area (Å²) in [5.41, 5.74) is 1.46. The molecule has 3 N–H and O–H groups in total. The smallest absolute Gasteiger partial charge is 0.168 e. The minimum Gasteiger partial charge on any atom is -1.00 e. The maximum Gasteiger partial charge on any atom is 0.168 e. The van der Waals surface area contributed by atoms with E-state index >= 15 is 0 Å². The molecule has 2 aromatic carbocycles. The molecule has 0 aromatic heterocycles. The molecule has 4 nitrogen and oxygen atoms in total. The van der Waals surface area contributed by atoms with E-state index in [1.807, 2.05) is 42.6 Å². The standard InChI is InChI=1S/C19H22ClNO3.ClH/c1-13(19(23)15-8-9-18(24-2)16(20)12-15)21-11-10-17(22)14-6-4-3-5-7-14;/h3-9,12-13,19,21,23H,10-11H2,1-2H3;1H. The first-order valence-electron chi connectivity index (χ1n) is 7.96. The summed E-state index contributed by atoms with van der Waals surface area (Å²) >= 11 is 6.10. The van der Waals surface area contributed by atoms with Crippen molar-refractivity contribution in [2.75, 3.05) is 13.7 Å². The summed E-state index contributed by atoms with van der Waals surface area (Å²) in [7, 11) is 1.55. The largest absolute Gasteiger partial charge is 1.00 e. The number of ketones is 1. The molecule has 2 unspecified atom stereocenters. The molecule has 0 heterocycles. The lowest BCUT2D eigenvalue weighted by molar-refractivity contribution is -0.693. The number of hydrogen-bond acceptors (Lipinski definition) is 3. The number of hydrogen-bond donors (Lipinski definition) is 2. The highest BCUT2D eigenvalue weighted by molar-refractivity contribution is 6.32. The zero-order valence-corrected chi connectivity index (χ0v) is 15.8. The summed E-state index contributed by atoms with van der Waals surface area (Å²) < 4.78 is 5.11. The molecule has 0 fully saturated rings. The van der Waals surface area contributed by atoms with Crippen molar-refractivity contribution in [3.05, 3.63) is 64.7 Å². The molecule has 0 saturated heterocycles. The van der Waals surface area contributed by atoms with Gasteiger partial charge in [0.05, 0.1) is 25.1 Å². The van der Waals surface area contributed by atoms with E-state index in [9.17, 15) is 9.90 Å². The zero-order valence-electron chi connectivity index (χ0n) is 14.3. The van der Waals surface area contributed by atoms with E-state index < -0.39 is 6.10 Å². The van der Waals surface area contributed by atoms with Crippen LogP contribution < -0.4 is 22.5 Å². The van der Waals surface area contributed by atoms with Crippen LogP contribution in [0.15, 0.2) is 48.5 Å². The maximum absolute atomic E-state index is 12.1. The number of aliphatic hydroxyl groups is 1. The van der Waals surface area contributed by atoms with Gasteiger partial charge in [-0.25, -0.2) is 0 Å². The highest BCUT2D eigenvalue weighted by atomic mass is 35.5. The number of rotatable bonds is 8. The van der Waals surface area contributed by atoms with Gasteiger partial charge in [-0.05, 0) is 24.6 Å². The molecule has 6 heteroatoms. The first kappa shape index (κ1) is 21.5. The van der Waals surface area contributed by atoms with Gasteiger partial charge in [-0.3, -0.25) is 4.79 Å². The van der Waals surface area contributed by atoms with Crippen molar-refractivity contribution in [2.45, 2.75) is 25.5 Å². The Morgan fingerprint density at radius 2 is 1.92 bits per heavy atom. The first-order chi connectivity index (χ1) is 11.5. The molecule has 0 spiro atoms. The van der Waals surface area contributed by atoms with Crippen LogP contribution in [-0.2, 0) is 0 Å². The number of methoxy groups -OCH3 is 1. The molecule has 2 atom stereocenters. The number of carbonyl (C=O) groups excluding carboxylic acids is 1. The van der Waals surface area contributed by atoms with Crippen molar-refractivity contribution in [2.24, 2.45) is 0 Å². The molecular weight excluding hydrogens is 361 g/mol. The van der Waals surface area contributed by atoms with Crippen LogP contribution in [0, 0.1) is 0 Å². The SMILES string of the molecule is COc1ccc(C(O)C(C)[NH2+]CCC(=O)c2ccccc2)cc1Cl.[Cl-]. The number of aliphatic hydroxyl groups excluding tert-OH is 1. The second-order valence-electron chi connectivity index (χ2n) is 5.76. The van der Waals surface area contributed by atoms with Gasteiger partial charge in [0, 0.05) is 5.56 Å². The second kappa shape index (κ2) is 10.4. The van der Waals surface area contributed by atoms with Crippen LogP contribution in [0.5, 0.6) is 5.75 Å². The number of halogens is 2. The van der Waals surface area contributed by atoms with Crippen LogP contribution in [0.25, 0.3) is 0 Å². The van der Waals surface area contributed by atoms with Gasteiger partial charge in [-0.2, -0.15) is 0 Å². The van der Waals surface area contributed by atoms with Gasteiger partial charge in [-0.1, -0.05) is 48.0 Å².